The van der Waals surface area contributed by atoms with E-state index in [2.05, 4.69) is 17.1 Å². The number of likely N-dealkylation sites (N-methyl/N-ethyl adjacent to an activating group) is 1. The number of hydrogen-bond donors (Lipinski definition) is 2. The lowest BCUT2D eigenvalue weighted by atomic mass is 10.0. The Morgan fingerprint density at radius 2 is 2.18 bits per heavy atom. The van der Waals surface area contributed by atoms with Gasteiger partial charge < -0.3 is 11.1 Å². The Balaban J connectivity index is 2.13. The third-order valence-electron chi connectivity index (χ3n) is 3.34. The topological polar surface area (TPSA) is 58.4 Å². The molecular weight excluding hydrogens is 214 g/mol. The largest absolute Gasteiger partial charge is 0.366 e. The van der Waals surface area contributed by atoms with Gasteiger partial charge in [-0.1, -0.05) is 25.1 Å². The number of rotatable bonds is 5. The molecule has 1 fully saturated rings. The minimum Gasteiger partial charge on any atom is -0.366 e. The van der Waals surface area contributed by atoms with Crippen LogP contribution in [0.4, 0.5) is 0 Å². The van der Waals surface area contributed by atoms with Gasteiger partial charge in [0.05, 0.1) is 0 Å². The molecule has 4 heteroatoms. The van der Waals surface area contributed by atoms with Gasteiger partial charge in [0.2, 0.25) is 5.91 Å². The first-order valence-electron chi connectivity index (χ1n) is 6.05. The van der Waals surface area contributed by atoms with Crippen molar-refractivity contribution in [1.82, 2.24) is 10.2 Å². The molecule has 0 aromatic heterocycles. The normalized spacial score (nSPS) is 15.9. The highest BCUT2D eigenvalue weighted by Crippen LogP contribution is 2.14. The lowest BCUT2D eigenvalue weighted by Gasteiger charge is -2.37. The molecule has 0 atom stereocenters. The van der Waals surface area contributed by atoms with Gasteiger partial charge in [-0.05, 0) is 18.2 Å². The van der Waals surface area contributed by atoms with Gasteiger partial charge in [0, 0.05) is 31.2 Å². The van der Waals surface area contributed by atoms with E-state index in [4.69, 9.17) is 5.73 Å². The summed E-state index contributed by atoms with van der Waals surface area (Å²) in [5.41, 5.74) is 7.04. The minimum absolute atomic E-state index is 0.344. The standard InChI is InChI=1S/C13H19N3O/c1-2-16(11-7-15-8-11)9-10-5-3-4-6-12(10)13(14)17/h3-6,11,15H,2,7-9H2,1H3,(H2,14,17). The number of nitrogens with two attached hydrogens (primary N) is 1. The number of amides is 1. The molecule has 92 valence electrons. The zero-order valence-electron chi connectivity index (χ0n) is 10.1. The smallest absolute Gasteiger partial charge is 0.249 e. The molecule has 0 unspecified atom stereocenters. The van der Waals surface area contributed by atoms with Crippen LogP contribution in [0, 0.1) is 0 Å². The summed E-state index contributed by atoms with van der Waals surface area (Å²) in [7, 11) is 0. The predicted molar refractivity (Wildman–Crippen MR) is 67.7 cm³/mol. The fourth-order valence-electron chi connectivity index (χ4n) is 2.15. The van der Waals surface area contributed by atoms with Crippen molar-refractivity contribution in [2.45, 2.75) is 19.5 Å². The highest BCUT2D eigenvalue weighted by atomic mass is 16.1. The summed E-state index contributed by atoms with van der Waals surface area (Å²) in [4.78, 5) is 13.7. The average molecular weight is 233 g/mol. The van der Waals surface area contributed by atoms with Crippen LogP contribution in [0.1, 0.15) is 22.8 Å². The van der Waals surface area contributed by atoms with E-state index in [1.165, 1.54) is 0 Å². The van der Waals surface area contributed by atoms with Crippen molar-refractivity contribution in [3.8, 4) is 0 Å². The van der Waals surface area contributed by atoms with E-state index in [-0.39, 0.29) is 5.91 Å². The van der Waals surface area contributed by atoms with Crippen molar-refractivity contribution in [2.75, 3.05) is 19.6 Å². The lowest BCUT2D eigenvalue weighted by Crippen LogP contribution is -2.56. The summed E-state index contributed by atoms with van der Waals surface area (Å²) >= 11 is 0. The van der Waals surface area contributed by atoms with Crippen LogP contribution in [0.5, 0.6) is 0 Å². The molecule has 0 aliphatic carbocycles. The number of carbonyl (C=O) groups is 1. The molecule has 2 rings (SSSR count). The fourth-order valence-corrected chi connectivity index (χ4v) is 2.15. The molecule has 17 heavy (non-hydrogen) atoms. The molecular formula is C13H19N3O. The van der Waals surface area contributed by atoms with Crippen LogP contribution in [-0.2, 0) is 6.54 Å². The van der Waals surface area contributed by atoms with E-state index >= 15 is 0 Å². The maximum absolute atomic E-state index is 11.3. The van der Waals surface area contributed by atoms with Crippen molar-refractivity contribution >= 4 is 5.91 Å². The number of benzene rings is 1. The highest BCUT2D eigenvalue weighted by Gasteiger charge is 2.24. The van der Waals surface area contributed by atoms with E-state index in [0.29, 0.717) is 11.6 Å². The molecule has 1 aliphatic heterocycles. The van der Waals surface area contributed by atoms with Crippen molar-refractivity contribution in [3.05, 3.63) is 35.4 Å². The molecule has 4 nitrogen and oxygen atoms in total. The van der Waals surface area contributed by atoms with Gasteiger partial charge in [0.15, 0.2) is 0 Å². The molecule has 3 N–H and O–H groups in total. The summed E-state index contributed by atoms with van der Waals surface area (Å²) < 4.78 is 0. The zero-order chi connectivity index (χ0) is 12.3. The van der Waals surface area contributed by atoms with Gasteiger partial charge in [-0.25, -0.2) is 0 Å². The lowest BCUT2D eigenvalue weighted by molar-refractivity contribution is 0.0995. The Morgan fingerprint density at radius 1 is 1.47 bits per heavy atom. The molecule has 0 spiro atoms. The Kier molecular flexibility index (Phi) is 3.76. The van der Waals surface area contributed by atoms with E-state index in [0.717, 1.165) is 31.7 Å². The first kappa shape index (κ1) is 12.1. The zero-order valence-corrected chi connectivity index (χ0v) is 10.1. The van der Waals surface area contributed by atoms with Crippen LogP contribution < -0.4 is 11.1 Å². The van der Waals surface area contributed by atoms with Gasteiger partial charge >= 0.3 is 0 Å². The van der Waals surface area contributed by atoms with E-state index < -0.39 is 0 Å². The predicted octanol–water partition coefficient (Wildman–Crippen LogP) is 0.579. The van der Waals surface area contributed by atoms with Crippen LogP contribution in [0.2, 0.25) is 0 Å². The third kappa shape index (κ3) is 2.65. The van der Waals surface area contributed by atoms with Gasteiger partial charge in [-0.2, -0.15) is 0 Å². The van der Waals surface area contributed by atoms with Gasteiger partial charge in [-0.15, -0.1) is 0 Å². The van der Waals surface area contributed by atoms with Crippen LogP contribution in [0.15, 0.2) is 24.3 Å². The Morgan fingerprint density at radius 3 is 2.71 bits per heavy atom. The van der Waals surface area contributed by atoms with Crippen LogP contribution in [0.25, 0.3) is 0 Å². The number of carbonyl (C=O) groups excluding carboxylic acids is 1. The van der Waals surface area contributed by atoms with Crippen LogP contribution in [0.3, 0.4) is 0 Å². The molecule has 1 aliphatic rings. The van der Waals surface area contributed by atoms with E-state index in [9.17, 15) is 4.79 Å². The second-order valence-electron chi connectivity index (χ2n) is 4.40. The quantitative estimate of drug-likeness (QED) is 0.782. The molecule has 1 aromatic rings. The second-order valence-corrected chi connectivity index (χ2v) is 4.40. The summed E-state index contributed by atoms with van der Waals surface area (Å²) in [6.07, 6.45) is 0. The molecule has 1 saturated heterocycles. The van der Waals surface area contributed by atoms with Crippen LogP contribution >= 0.6 is 0 Å². The highest BCUT2D eigenvalue weighted by molar-refractivity contribution is 5.94. The van der Waals surface area contributed by atoms with Gasteiger partial charge in [-0.3, -0.25) is 9.69 Å². The fraction of sp³-hybridized carbons (Fsp3) is 0.462. The number of nitrogens with zero attached hydrogens (tertiary/aromatic N) is 1. The summed E-state index contributed by atoms with van der Waals surface area (Å²) in [6.45, 7) is 5.99. The van der Waals surface area contributed by atoms with Gasteiger partial charge in [0.25, 0.3) is 0 Å². The minimum atomic E-state index is -0.344. The molecule has 0 bridgehead atoms. The van der Waals surface area contributed by atoms with Gasteiger partial charge in [0.1, 0.15) is 0 Å². The number of nitrogens with one attached hydrogen (secondary N) is 1. The maximum Gasteiger partial charge on any atom is 0.249 e. The van der Waals surface area contributed by atoms with Crippen molar-refractivity contribution in [1.29, 1.82) is 0 Å². The van der Waals surface area contributed by atoms with Crippen molar-refractivity contribution in [2.24, 2.45) is 5.73 Å². The molecule has 0 saturated carbocycles. The van der Waals surface area contributed by atoms with E-state index in [1.54, 1.807) is 6.07 Å². The second kappa shape index (κ2) is 5.29. The Labute approximate surface area is 102 Å². The molecule has 0 radical (unpaired) electrons. The molecule has 1 amide bonds. The number of primary amides is 1. The monoisotopic (exact) mass is 233 g/mol. The Bertz CT molecular complexity index is 401. The van der Waals surface area contributed by atoms with Crippen LogP contribution in [-0.4, -0.2) is 36.5 Å². The maximum atomic E-state index is 11.3. The third-order valence-corrected chi connectivity index (χ3v) is 3.34. The summed E-state index contributed by atoms with van der Waals surface area (Å²) in [6, 6.07) is 8.17. The first-order chi connectivity index (χ1) is 8.22. The Hall–Kier alpha value is -1.39. The van der Waals surface area contributed by atoms with Crippen molar-refractivity contribution in [3.63, 3.8) is 0 Å². The molecule has 1 heterocycles. The molecule has 1 aromatic carbocycles. The van der Waals surface area contributed by atoms with E-state index in [1.807, 2.05) is 18.2 Å². The summed E-state index contributed by atoms with van der Waals surface area (Å²) in [5, 5.41) is 3.27. The summed E-state index contributed by atoms with van der Waals surface area (Å²) in [5.74, 6) is -0.344. The van der Waals surface area contributed by atoms with Crippen molar-refractivity contribution < 1.29 is 4.79 Å². The number of hydrogen-bond acceptors (Lipinski definition) is 3. The first-order valence-corrected chi connectivity index (χ1v) is 6.05. The SMILES string of the molecule is CCN(Cc1ccccc1C(N)=O)C1CNC1. The average Bonchev–Trinajstić information content (AvgIpc) is 2.26.